The van der Waals surface area contributed by atoms with Gasteiger partial charge in [-0.15, -0.1) is 0 Å². The van der Waals surface area contributed by atoms with Crippen LogP contribution in [0, 0.1) is 12.8 Å². The quantitative estimate of drug-likeness (QED) is 0.506. The zero-order chi connectivity index (χ0) is 18.9. The Hall–Kier alpha value is -2.48. The lowest BCUT2D eigenvalue weighted by atomic mass is 10.1. The number of nitrogens with one attached hydrogen (secondary N) is 3. The molecule has 3 N–H and O–H groups in total. The van der Waals surface area contributed by atoms with Gasteiger partial charge in [-0.1, -0.05) is 48.8 Å². The number of hydrogen-bond donors (Lipinski definition) is 3. The molecule has 0 bridgehead atoms. The Morgan fingerprint density at radius 1 is 1.23 bits per heavy atom. The zero-order valence-corrected chi connectivity index (χ0v) is 16.2. The van der Waals surface area contributed by atoms with E-state index in [0.717, 1.165) is 18.5 Å². The maximum absolute atomic E-state index is 11.9. The number of amides is 1. The third-order valence-electron chi connectivity index (χ3n) is 3.67. The van der Waals surface area contributed by atoms with E-state index in [-0.39, 0.29) is 12.3 Å². The smallest absolute Gasteiger partial charge is 0.238 e. The molecule has 1 amide bonds. The number of aromatic nitrogens is 2. The summed E-state index contributed by atoms with van der Waals surface area (Å²) in [7, 11) is 0. The highest BCUT2D eigenvalue weighted by atomic mass is 32.1. The van der Waals surface area contributed by atoms with Crippen molar-refractivity contribution in [3.05, 3.63) is 35.7 Å². The van der Waals surface area contributed by atoms with Gasteiger partial charge in [-0.3, -0.25) is 15.6 Å². The van der Waals surface area contributed by atoms with Gasteiger partial charge in [0.05, 0.1) is 0 Å². The van der Waals surface area contributed by atoms with E-state index in [1.807, 2.05) is 31.2 Å². The molecule has 0 saturated carbocycles. The molecule has 0 aliphatic heterocycles. The third-order valence-corrected chi connectivity index (χ3v) is 3.91. The second-order valence-electron chi connectivity index (χ2n) is 6.49. The lowest BCUT2D eigenvalue weighted by Crippen LogP contribution is -2.47. The maximum Gasteiger partial charge on any atom is 0.238 e. The minimum absolute atomic E-state index is 0.201. The van der Waals surface area contributed by atoms with Crippen molar-refractivity contribution in [2.24, 2.45) is 5.92 Å². The van der Waals surface area contributed by atoms with E-state index in [1.54, 1.807) is 0 Å². The van der Waals surface area contributed by atoms with Crippen LogP contribution in [0.25, 0.3) is 11.4 Å². The van der Waals surface area contributed by atoms with Gasteiger partial charge in [0.2, 0.25) is 17.6 Å². The van der Waals surface area contributed by atoms with Crippen LogP contribution in [-0.2, 0) is 11.2 Å². The van der Waals surface area contributed by atoms with Crippen molar-refractivity contribution in [2.45, 2.75) is 40.0 Å². The third kappa shape index (κ3) is 6.79. The van der Waals surface area contributed by atoms with Crippen molar-refractivity contribution in [2.75, 3.05) is 6.54 Å². The van der Waals surface area contributed by atoms with Crippen LogP contribution in [0.3, 0.4) is 0 Å². The highest BCUT2D eigenvalue weighted by Gasteiger charge is 2.10. The molecule has 26 heavy (non-hydrogen) atoms. The van der Waals surface area contributed by atoms with Gasteiger partial charge in [0.15, 0.2) is 5.11 Å². The summed E-state index contributed by atoms with van der Waals surface area (Å²) in [5.41, 5.74) is 7.28. The molecular weight excluding hydrogens is 350 g/mol. The second-order valence-corrected chi connectivity index (χ2v) is 6.90. The van der Waals surface area contributed by atoms with Gasteiger partial charge < -0.3 is 9.84 Å². The van der Waals surface area contributed by atoms with Gasteiger partial charge in [-0.05, 0) is 31.5 Å². The Kier molecular flexibility index (Phi) is 7.53. The first-order chi connectivity index (χ1) is 12.4. The molecule has 0 atom stereocenters. The van der Waals surface area contributed by atoms with Crippen molar-refractivity contribution >= 4 is 23.2 Å². The zero-order valence-electron chi connectivity index (χ0n) is 15.3. The van der Waals surface area contributed by atoms with Crippen molar-refractivity contribution in [1.29, 1.82) is 0 Å². The lowest BCUT2D eigenvalue weighted by molar-refractivity contribution is -0.121. The molecule has 7 nitrogen and oxygen atoms in total. The number of hydrogen-bond acceptors (Lipinski definition) is 5. The van der Waals surface area contributed by atoms with E-state index >= 15 is 0 Å². The van der Waals surface area contributed by atoms with Gasteiger partial charge >= 0.3 is 0 Å². The molecule has 0 aliphatic carbocycles. The maximum atomic E-state index is 11.9. The Morgan fingerprint density at radius 2 is 1.96 bits per heavy atom. The molecule has 0 unspecified atom stereocenters. The molecule has 0 spiro atoms. The second kappa shape index (κ2) is 9.86. The van der Waals surface area contributed by atoms with Gasteiger partial charge in [0.1, 0.15) is 0 Å². The van der Waals surface area contributed by atoms with Crippen molar-refractivity contribution in [1.82, 2.24) is 26.3 Å². The lowest BCUT2D eigenvalue weighted by Gasteiger charge is -2.12. The van der Waals surface area contributed by atoms with E-state index in [9.17, 15) is 4.79 Å². The number of nitrogens with zero attached hydrogens (tertiary/aromatic N) is 2. The van der Waals surface area contributed by atoms with Crippen LogP contribution in [0.15, 0.2) is 28.8 Å². The molecule has 0 radical (unpaired) electrons. The van der Waals surface area contributed by atoms with Crippen LogP contribution in [0.1, 0.15) is 38.1 Å². The average molecular weight is 375 g/mol. The minimum Gasteiger partial charge on any atom is -0.361 e. The Bertz CT molecular complexity index is 727. The van der Waals surface area contributed by atoms with Gasteiger partial charge in [-0.25, -0.2) is 0 Å². The molecule has 140 valence electrons. The van der Waals surface area contributed by atoms with Crippen LogP contribution in [0.5, 0.6) is 0 Å². The van der Waals surface area contributed by atoms with Crippen LogP contribution in [-0.4, -0.2) is 27.7 Å². The molecule has 8 heteroatoms. The highest BCUT2D eigenvalue weighted by molar-refractivity contribution is 7.80. The standard InChI is InChI=1S/C18H25N5O2S/c1-12(2)10-11-19-18(26)22-21-15(24)8-9-16-20-17(23-25-16)14-6-4-13(3)5-7-14/h4-7,12H,8-11H2,1-3H3,(H,21,24)(H2,19,22,26). The number of benzene rings is 1. The molecule has 1 heterocycles. The predicted octanol–water partition coefficient (Wildman–Crippen LogP) is 2.52. The normalized spacial score (nSPS) is 10.6. The first kappa shape index (κ1) is 19.8. The van der Waals surface area contributed by atoms with Crippen molar-refractivity contribution in [3.8, 4) is 11.4 Å². The summed E-state index contributed by atoms with van der Waals surface area (Å²) < 4.78 is 5.20. The molecular formula is C18H25N5O2S. The van der Waals surface area contributed by atoms with Gasteiger partial charge in [0.25, 0.3) is 0 Å². The van der Waals surface area contributed by atoms with Crippen LogP contribution in [0.4, 0.5) is 0 Å². The summed E-state index contributed by atoms with van der Waals surface area (Å²) in [5.74, 6) is 1.34. The molecule has 2 rings (SSSR count). The summed E-state index contributed by atoms with van der Waals surface area (Å²) in [6.45, 7) is 7.07. The Balaban J connectivity index is 1.71. The number of aryl methyl sites for hydroxylation is 2. The number of carbonyl (C=O) groups is 1. The molecule has 2 aromatic rings. The van der Waals surface area contributed by atoms with E-state index in [1.165, 1.54) is 5.56 Å². The number of carbonyl (C=O) groups excluding carboxylic acids is 1. The Labute approximate surface area is 158 Å². The fourth-order valence-electron chi connectivity index (χ4n) is 2.10. The summed E-state index contributed by atoms with van der Waals surface area (Å²) in [4.78, 5) is 16.2. The summed E-state index contributed by atoms with van der Waals surface area (Å²) in [6, 6.07) is 7.85. The largest absolute Gasteiger partial charge is 0.361 e. The summed E-state index contributed by atoms with van der Waals surface area (Å²) in [5, 5.41) is 7.39. The first-order valence-electron chi connectivity index (χ1n) is 8.66. The van der Waals surface area contributed by atoms with Gasteiger partial charge in [-0.2, -0.15) is 4.98 Å². The van der Waals surface area contributed by atoms with Crippen LogP contribution < -0.4 is 16.2 Å². The average Bonchev–Trinajstić information content (AvgIpc) is 3.07. The first-order valence-corrected chi connectivity index (χ1v) is 9.07. The highest BCUT2D eigenvalue weighted by Crippen LogP contribution is 2.16. The fraction of sp³-hybridized carbons (Fsp3) is 0.444. The van der Waals surface area contributed by atoms with Crippen molar-refractivity contribution in [3.63, 3.8) is 0 Å². The molecule has 1 aromatic heterocycles. The number of thiocarbonyl (C=S) groups is 1. The van der Waals surface area contributed by atoms with E-state index in [0.29, 0.717) is 29.2 Å². The molecule has 1 aromatic carbocycles. The fourth-order valence-corrected chi connectivity index (χ4v) is 2.26. The van der Waals surface area contributed by atoms with E-state index in [2.05, 4.69) is 40.2 Å². The van der Waals surface area contributed by atoms with Crippen LogP contribution >= 0.6 is 12.2 Å². The topological polar surface area (TPSA) is 92.1 Å². The summed E-state index contributed by atoms with van der Waals surface area (Å²) >= 11 is 5.09. The van der Waals surface area contributed by atoms with E-state index < -0.39 is 0 Å². The van der Waals surface area contributed by atoms with Crippen LogP contribution in [0.2, 0.25) is 0 Å². The summed E-state index contributed by atoms with van der Waals surface area (Å²) in [6.07, 6.45) is 1.59. The molecule has 0 fully saturated rings. The Morgan fingerprint density at radius 3 is 2.65 bits per heavy atom. The monoisotopic (exact) mass is 375 g/mol. The van der Waals surface area contributed by atoms with Gasteiger partial charge in [0, 0.05) is 24.9 Å². The molecule has 0 saturated heterocycles. The molecule has 0 aliphatic rings. The predicted molar refractivity (Wildman–Crippen MR) is 104 cm³/mol. The minimum atomic E-state index is -0.201. The van der Waals surface area contributed by atoms with Crippen molar-refractivity contribution < 1.29 is 9.32 Å². The SMILES string of the molecule is Cc1ccc(-c2noc(CCC(=O)NNC(=S)NCCC(C)C)n2)cc1. The van der Waals surface area contributed by atoms with E-state index in [4.69, 9.17) is 16.7 Å². The number of hydrazine groups is 1. The number of rotatable bonds is 7.